The lowest BCUT2D eigenvalue weighted by Crippen LogP contribution is -2.31. The molecule has 0 aliphatic carbocycles. The molecule has 0 unspecified atom stereocenters. The van der Waals surface area contributed by atoms with Crippen molar-refractivity contribution in [1.29, 1.82) is 0 Å². The summed E-state index contributed by atoms with van der Waals surface area (Å²) in [6.45, 7) is 7.27. The minimum absolute atomic E-state index is 0.386. The summed E-state index contributed by atoms with van der Waals surface area (Å²) < 4.78 is 12.9. The molecule has 0 radical (unpaired) electrons. The molecule has 0 N–H and O–H groups in total. The zero-order chi connectivity index (χ0) is 10.6. The van der Waals surface area contributed by atoms with Crippen LogP contribution in [-0.4, -0.2) is 17.6 Å². The molecule has 0 fully saturated rings. The number of aromatic nitrogens is 1. The lowest BCUT2D eigenvalue weighted by molar-refractivity contribution is 0.580. The van der Waals surface area contributed by atoms with E-state index in [0.717, 1.165) is 18.7 Å². The number of pyridine rings is 1. The molecule has 1 aromatic heterocycles. The maximum absolute atomic E-state index is 12.9. The quantitative estimate of drug-likeness (QED) is 0.688. The van der Waals surface area contributed by atoms with Crippen molar-refractivity contribution in [2.24, 2.45) is 0 Å². The average molecular weight is 196 g/mol. The van der Waals surface area contributed by atoms with Crippen LogP contribution in [0.5, 0.6) is 0 Å². The summed E-state index contributed by atoms with van der Waals surface area (Å²) in [5.41, 5.74) is 0.911. The second kappa shape index (κ2) is 4.94. The number of anilines is 1. The highest BCUT2D eigenvalue weighted by Gasteiger charge is 2.09. The molecule has 0 bridgehead atoms. The maximum atomic E-state index is 12.9. The van der Waals surface area contributed by atoms with Gasteiger partial charge < -0.3 is 4.90 Å². The summed E-state index contributed by atoms with van der Waals surface area (Å²) in [5, 5.41) is 0. The Morgan fingerprint density at radius 1 is 1.50 bits per heavy atom. The molecule has 3 heteroatoms. The van der Waals surface area contributed by atoms with E-state index in [9.17, 15) is 4.39 Å². The Bertz CT molecular complexity index is 286. The first-order valence-corrected chi connectivity index (χ1v) is 5.03. The van der Waals surface area contributed by atoms with E-state index in [1.807, 2.05) is 6.07 Å². The molecule has 0 atom stereocenters. The van der Waals surface area contributed by atoms with Gasteiger partial charge in [-0.2, -0.15) is 4.39 Å². The molecule has 2 nitrogen and oxygen atoms in total. The predicted molar refractivity (Wildman–Crippen MR) is 57.0 cm³/mol. The van der Waals surface area contributed by atoms with E-state index in [1.165, 1.54) is 12.3 Å². The van der Waals surface area contributed by atoms with Crippen molar-refractivity contribution < 1.29 is 4.39 Å². The van der Waals surface area contributed by atoms with E-state index in [-0.39, 0.29) is 0 Å². The van der Waals surface area contributed by atoms with E-state index < -0.39 is 5.95 Å². The molecular formula is C11H17FN2. The average Bonchev–Trinajstić information content (AvgIpc) is 2.13. The van der Waals surface area contributed by atoms with Gasteiger partial charge in [0.2, 0.25) is 5.95 Å². The van der Waals surface area contributed by atoms with Crippen LogP contribution in [-0.2, 0) is 0 Å². The molecule has 0 aliphatic heterocycles. The molecule has 0 aliphatic rings. The fourth-order valence-electron chi connectivity index (χ4n) is 1.50. The molecule has 1 aromatic rings. The highest BCUT2D eigenvalue weighted by atomic mass is 19.1. The van der Waals surface area contributed by atoms with E-state index in [1.54, 1.807) is 0 Å². The lowest BCUT2D eigenvalue weighted by atomic mass is 10.2. The van der Waals surface area contributed by atoms with Crippen molar-refractivity contribution >= 4 is 5.69 Å². The van der Waals surface area contributed by atoms with Gasteiger partial charge in [0, 0.05) is 30.5 Å². The second-order valence-electron chi connectivity index (χ2n) is 3.62. The van der Waals surface area contributed by atoms with Crippen LogP contribution in [0.25, 0.3) is 0 Å². The van der Waals surface area contributed by atoms with E-state index in [0.29, 0.717) is 6.04 Å². The Labute approximate surface area is 84.8 Å². The minimum Gasteiger partial charge on any atom is -0.369 e. The SMILES string of the molecule is CCCN(c1ccnc(F)c1)C(C)C. The molecule has 0 spiro atoms. The summed E-state index contributed by atoms with van der Waals surface area (Å²) in [6.07, 6.45) is 2.57. The fourth-order valence-corrected chi connectivity index (χ4v) is 1.50. The Morgan fingerprint density at radius 2 is 2.21 bits per heavy atom. The summed E-state index contributed by atoms with van der Waals surface area (Å²) in [4.78, 5) is 5.72. The van der Waals surface area contributed by atoms with Gasteiger partial charge >= 0.3 is 0 Å². The zero-order valence-corrected chi connectivity index (χ0v) is 9.00. The number of hydrogen-bond acceptors (Lipinski definition) is 2. The van der Waals surface area contributed by atoms with Crippen molar-refractivity contribution in [1.82, 2.24) is 4.98 Å². The van der Waals surface area contributed by atoms with Gasteiger partial charge in [-0.25, -0.2) is 4.98 Å². The van der Waals surface area contributed by atoms with Gasteiger partial charge in [-0.05, 0) is 26.3 Å². The largest absolute Gasteiger partial charge is 0.369 e. The van der Waals surface area contributed by atoms with Gasteiger partial charge in [-0.3, -0.25) is 0 Å². The van der Waals surface area contributed by atoms with E-state index in [4.69, 9.17) is 0 Å². The van der Waals surface area contributed by atoms with E-state index >= 15 is 0 Å². The monoisotopic (exact) mass is 196 g/mol. The molecule has 0 amide bonds. The Balaban J connectivity index is 2.87. The zero-order valence-electron chi connectivity index (χ0n) is 9.00. The summed E-state index contributed by atoms with van der Waals surface area (Å²) >= 11 is 0. The van der Waals surface area contributed by atoms with Crippen LogP contribution in [0.2, 0.25) is 0 Å². The van der Waals surface area contributed by atoms with Gasteiger partial charge in [-0.1, -0.05) is 6.92 Å². The van der Waals surface area contributed by atoms with Gasteiger partial charge in [0.15, 0.2) is 0 Å². The Morgan fingerprint density at radius 3 is 2.71 bits per heavy atom. The van der Waals surface area contributed by atoms with Crippen LogP contribution < -0.4 is 4.90 Å². The third kappa shape index (κ3) is 2.69. The first-order valence-electron chi connectivity index (χ1n) is 5.03. The molecule has 1 heterocycles. The minimum atomic E-state index is -0.413. The third-order valence-corrected chi connectivity index (χ3v) is 2.13. The lowest BCUT2D eigenvalue weighted by Gasteiger charge is -2.28. The number of halogens is 1. The molecule has 1 rings (SSSR count). The van der Waals surface area contributed by atoms with Crippen molar-refractivity contribution in [2.45, 2.75) is 33.2 Å². The van der Waals surface area contributed by atoms with Gasteiger partial charge in [0.25, 0.3) is 0 Å². The van der Waals surface area contributed by atoms with Crippen LogP contribution in [0, 0.1) is 5.95 Å². The van der Waals surface area contributed by atoms with Gasteiger partial charge in [-0.15, -0.1) is 0 Å². The smallest absolute Gasteiger partial charge is 0.214 e. The van der Waals surface area contributed by atoms with Crippen molar-refractivity contribution in [2.75, 3.05) is 11.4 Å². The van der Waals surface area contributed by atoms with Crippen LogP contribution in [0.3, 0.4) is 0 Å². The van der Waals surface area contributed by atoms with E-state index in [2.05, 4.69) is 30.7 Å². The fraction of sp³-hybridized carbons (Fsp3) is 0.545. The Kier molecular flexibility index (Phi) is 3.86. The molecule has 78 valence electrons. The highest BCUT2D eigenvalue weighted by Crippen LogP contribution is 2.17. The standard InChI is InChI=1S/C11H17FN2/c1-4-7-14(9(2)3)10-5-6-13-11(12)8-10/h5-6,8-9H,4,7H2,1-3H3. The maximum Gasteiger partial charge on any atom is 0.214 e. The van der Waals surface area contributed by atoms with Crippen molar-refractivity contribution in [3.63, 3.8) is 0 Å². The number of rotatable bonds is 4. The van der Waals surface area contributed by atoms with Gasteiger partial charge in [0.1, 0.15) is 0 Å². The summed E-state index contributed by atoms with van der Waals surface area (Å²) in [6, 6.07) is 3.71. The van der Waals surface area contributed by atoms with Crippen LogP contribution >= 0.6 is 0 Å². The summed E-state index contributed by atoms with van der Waals surface area (Å²) in [5.74, 6) is -0.413. The van der Waals surface area contributed by atoms with Gasteiger partial charge in [0.05, 0.1) is 0 Å². The first-order chi connectivity index (χ1) is 6.65. The highest BCUT2D eigenvalue weighted by molar-refractivity contribution is 5.45. The molecule has 0 aromatic carbocycles. The van der Waals surface area contributed by atoms with Crippen LogP contribution in [0.15, 0.2) is 18.3 Å². The van der Waals surface area contributed by atoms with Crippen molar-refractivity contribution in [3.8, 4) is 0 Å². The second-order valence-corrected chi connectivity index (χ2v) is 3.62. The van der Waals surface area contributed by atoms with Crippen LogP contribution in [0.1, 0.15) is 27.2 Å². The molecule has 0 saturated carbocycles. The molecule has 14 heavy (non-hydrogen) atoms. The number of hydrogen-bond donors (Lipinski definition) is 0. The van der Waals surface area contributed by atoms with Crippen LogP contribution in [0.4, 0.5) is 10.1 Å². The predicted octanol–water partition coefficient (Wildman–Crippen LogP) is 2.85. The summed E-state index contributed by atoms with van der Waals surface area (Å²) in [7, 11) is 0. The number of nitrogens with zero attached hydrogens (tertiary/aromatic N) is 2. The first kappa shape index (κ1) is 11.0. The third-order valence-electron chi connectivity index (χ3n) is 2.13. The topological polar surface area (TPSA) is 16.1 Å². The normalized spacial score (nSPS) is 10.6. The van der Waals surface area contributed by atoms with Crippen molar-refractivity contribution in [3.05, 3.63) is 24.3 Å². The Hall–Kier alpha value is -1.12. The molecule has 0 saturated heterocycles. The molecular weight excluding hydrogens is 179 g/mol.